The van der Waals surface area contributed by atoms with E-state index in [1.54, 1.807) is 0 Å². The summed E-state index contributed by atoms with van der Waals surface area (Å²) in [6, 6.07) is 0. The molecule has 0 N–H and O–H groups in total. The van der Waals surface area contributed by atoms with E-state index in [1.807, 2.05) is 0 Å². The smallest absolute Gasteiger partial charge is 0.00839 e. The number of rotatable bonds is 0. The van der Waals surface area contributed by atoms with Crippen LogP contribution >= 0.6 is 11.9 Å². The van der Waals surface area contributed by atoms with Crippen LogP contribution in [0.15, 0.2) is 0 Å². The van der Waals surface area contributed by atoms with Gasteiger partial charge in [0.2, 0.25) is 0 Å². The molecule has 0 unspecified atom stereocenters. The summed E-state index contributed by atoms with van der Waals surface area (Å²) in [7, 11) is 0. The maximum Gasteiger partial charge on any atom is 0.00839 e. The molecule has 0 radical (unpaired) electrons. The lowest BCUT2D eigenvalue weighted by atomic mass is 10.5. The van der Waals surface area contributed by atoms with Crippen molar-refractivity contribution in [2.45, 2.75) is 6.42 Å². The van der Waals surface area contributed by atoms with Gasteiger partial charge in [0, 0.05) is 5.75 Å². The number of hydrogen-bond donors (Lipinski definition) is 0. The molecule has 3 heteroatoms. The van der Waals surface area contributed by atoms with E-state index in [-0.39, 0.29) is 0 Å². The second-order valence-electron chi connectivity index (χ2n) is 1.24. The Morgan fingerprint density at radius 2 is 2.50 bits per heavy atom. The van der Waals surface area contributed by atoms with Crippen molar-refractivity contribution in [2.24, 2.45) is 0 Å². The van der Waals surface area contributed by atoms with E-state index in [4.69, 9.17) is 0 Å². The minimum Gasteiger partial charge on any atom is -0.776 e. The normalized spacial score (nSPS) is 25.5. The lowest BCUT2D eigenvalue weighted by Crippen LogP contribution is -1.97. The fourth-order valence-corrected chi connectivity index (χ4v) is 1.14. The van der Waals surface area contributed by atoms with E-state index in [9.17, 15) is 5.21 Å². The highest BCUT2D eigenvalue weighted by Gasteiger charge is 1.99. The van der Waals surface area contributed by atoms with E-state index in [0.29, 0.717) is 0 Å². The molecule has 0 bridgehead atoms. The second-order valence-corrected chi connectivity index (χ2v) is 2.32. The zero-order valence-corrected chi connectivity index (χ0v) is 4.20. The SMILES string of the molecule is [O-]N1CCCS1. The molecule has 0 aromatic carbocycles. The van der Waals surface area contributed by atoms with Gasteiger partial charge >= 0.3 is 0 Å². The highest BCUT2D eigenvalue weighted by atomic mass is 32.2. The van der Waals surface area contributed by atoms with Crippen molar-refractivity contribution in [2.75, 3.05) is 12.3 Å². The molecule has 1 aliphatic heterocycles. The minimum atomic E-state index is 0.727. The van der Waals surface area contributed by atoms with Gasteiger partial charge < -0.3 is 9.68 Å². The van der Waals surface area contributed by atoms with Crippen molar-refractivity contribution in [3.63, 3.8) is 0 Å². The first-order chi connectivity index (χ1) is 2.89. The third kappa shape index (κ3) is 0.864. The molecule has 1 heterocycles. The van der Waals surface area contributed by atoms with Crippen molar-refractivity contribution in [1.82, 2.24) is 4.47 Å². The van der Waals surface area contributed by atoms with Gasteiger partial charge in [0.05, 0.1) is 0 Å². The van der Waals surface area contributed by atoms with Crippen LogP contribution in [-0.4, -0.2) is 16.8 Å². The second kappa shape index (κ2) is 1.82. The fourth-order valence-electron chi connectivity index (χ4n) is 0.425. The van der Waals surface area contributed by atoms with E-state index in [2.05, 4.69) is 0 Å². The maximum absolute atomic E-state index is 10.1. The predicted octanol–water partition coefficient (Wildman–Crippen LogP) is 0.838. The number of hydrogen-bond acceptors (Lipinski definition) is 3. The zero-order valence-electron chi connectivity index (χ0n) is 3.39. The highest BCUT2D eigenvalue weighted by molar-refractivity contribution is 7.97. The summed E-state index contributed by atoms with van der Waals surface area (Å²) in [4.78, 5) is 0. The van der Waals surface area contributed by atoms with Gasteiger partial charge in [0.15, 0.2) is 0 Å². The molecule has 0 aliphatic carbocycles. The van der Waals surface area contributed by atoms with Crippen LogP contribution in [0.1, 0.15) is 6.42 Å². The van der Waals surface area contributed by atoms with Crippen LogP contribution in [-0.2, 0) is 0 Å². The molecule has 1 rings (SSSR count). The summed E-state index contributed by atoms with van der Waals surface area (Å²) >= 11 is 1.37. The molecular weight excluding hydrogens is 98.1 g/mol. The van der Waals surface area contributed by atoms with Crippen molar-refractivity contribution < 1.29 is 0 Å². The van der Waals surface area contributed by atoms with Gasteiger partial charge in [-0.05, 0) is 13.0 Å². The standard InChI is InChI=1S/C3H6NOS/c5-4-2-1-3-6-4/h1-3H2/q-1. The molecule has 1 aliphatic rings. The van der Waals surface area contributed by atoms with E-state index >= 15 is 0 Å². The Hall–Kier alpha value is 0.270. The molecule has 1 saturated heterocycles. The van der Waals surface area contributed by atoms with Gasteiger partial charge in [-0.25, -0.2) is 0 Å². The average molecular weight is 104 g/mol. The number of nitrogens with zero attached hydrogens (tertiary/aromatic N) is 1. The summed E-state index contributed by atoms with van der Waals surface area (Å²) in [5.41, 5.74) is 0. The maximum atomic E-state index is 10.1. The van der Waals surface area contributed by atoms with Gasteiger partial charge in [-0.2, -0.15) is 0 Å². The third-order valence-corrected chi connectivity index (χ3v) is 1.66. The first kappa shape index (κ1) is 4.43. The Morgan fingerprint density at radius 3 is 2.67 bits per heavy atom. The van der Waals surface area contributed by atoms with Crippen LogP contribution in [0.4, 0.5) is 0 Å². The topological polar surface area (TPSA) is 26.3 Å². The summed E-state index contributed by atoms with van der Waals surface area (Å²) in [5.74, 6) is 1.02. The Labute approximate surface area is 41.2 Å². The van der Waals surface area contributed by atoms with Gasteiger partial charge in [-0.1, -0.05) is 11.9 Å². The molecule has 6 heavy (non-hydrogen) atoms. The van der Waals surface area contributed by atoms with Crippen LogP contribution in [0, 0.1) is 5.21 Å². The quantitative estimate of drug-likeness (QED) is 0.426. The molecule has 0 spiro atoms. The Kier molecular flexibility index (Phi) is 1.34. The lowest BCUT2D eigenvalue weighted by Gasteiger charge is -2.16. The van der Waals surface area contributed by atoms with Crippen LogP contribution in [0.25, 0.3) is 0 Å². The van der Waals surface area contributed by atoms with Crippen LogP contribution in [0.5, 0.6) is 0 Å². The van der Waals surface area contributed by atoms with Crippen molar-refractivity contribution >= 4 is 11.9 Å². The Bertz CT molecular complexity index is 44.1. The summed E-state index contributed by atoms with van der Waals surface area (Å²) < 4.78 is 1.03. The molecule has 2 nitrogen and oxygen atoms in total. The van der Waals surface area contributed by atoms with Gasteiger partial charge in [0.25, 0.3) is 0 Å². The van der Waals surface area contributed by atoms with E-state index < -0.39 is 0 Å². The average Bonchev–Trinajstić information content (AvgIpc) is 1.86. The first-order valence-corrected chi connectivity index (χ1v) is 2.91. The highest BCUT2D eigenvalue weighted by Crippen LogP contribution is 2.16. The molecule has 0 amide bonds. The van der Waals surface area contributed by atoms with Gasteiger partial charge in [0.1, 0.15) is 0 Å². The summed E-state index contributed by atoms with van der Waals surface area (Å²) in [6.45, 7) is 0.727. The molecule has 0 aromatic rings. The first-order valence-electron chi connectivity index (χ1n) is 1.97. The lowest BCUT2D eigenvalue weighted by molar-refractivity contribution is 0.653. The van der Waals surface area contributed by atoms with Crippen LogP contribution in [0.2, 0.25) is 0 Å². The Balaban J connectivity index is 2.18. The molecule has 0 atom stereocenters. The Morgan fingerprint density at radius 1 is 1.67 bits per heavy atom. The predicted molar refractivity (Wildman–Crippen MR) is 27.1 cm³/mol. The molecule has 0 saturated carbocycles. The van der Waals surface area contributed by atoms with Gasteiger partial charge in [-0.15, -0.1) is 0 Å². The van der Waals surface area contributed by atoms with Crippen molar-refractivity contribution in [3.05, 3.63) is 5.21 Å². The fraction of sp³-hybridized carbons (Fsp3) is 1.00. The molecule has 1 fully saturated rings. The number of hydroxylamine groups is 1. The molecular formula is C3H6NOS-. The summed E-state index contributed by atoms with van der Waals surface area (Å²) in [6.07, 6.45) is 1.06. The van der Waals surface area contributed by atoms with Crippen LogP contribution < -0.4 is 0 Å². The molecule has 0 aromatic heterocycles. The van der Waals surface area contributed by atoms with Crippen molar-refractivity contribution in [1.29, 1.82) is 0 Å². The minimum absolute atomic E-state index is 0.727. The van der Waals surface area contributed by atoms with Crippen LogP contribution in [0.3, 0.4) is 0 Å². The third-order valence-electron chi connectivity index (χ3n) is 0.720. The zero-order chi connectivity index (χ0) is 4.41. The van der Waals surface area contributed by atoms with E-state index in [1.165, 1.54) is 11.9 Å². The van der Waals surface area contributed by atoms with Gasteiger partial charge in [-0.3, -0.25) is 0 Å². The summed E-state index contributed by atoms with van der Waals surface area (Å²) in [5, 5.41) is 10.1. The monoisotopic (exact) mass is 104 g/mol. The van der Waals surface area contributed by atoms with E-state index in [0.717, 1.165) is 23.2 Å². The molecule has 36 valence electrons. The largest absolute Gasteiger partial charge is 0.776 e. The van der Waals surface area contributed by atoms with Crippen molar-refractivity contribution in [3.8, 4) is 0 Å².